The van der Waals surface area contributed by atoms with Crippen LogP contribution in [0.15, 0.2) is 48.0 Å². The average molecular weight is 476 g/mol. The van der Waals surface area contributed by atoms with Gasteiger partial charge in [-0.05, 0) is 59.7 Å². The minimum atomic E-state index is -0.142. The lowest BCUT2D eigenvalue weighted by Crippen LogP contribution is -2.37. The van der Waals surface area contributed by atoms with Crippen LogP contribution in [0.2, 0.25) is 0 Å². The number of anilines is 1. The number of amides is 4. The molecule has 4 heterocycles. The van der Waals surface area contributed by atoms with Crippen LogP contribution >= 0.6 is 11.3 Å². The Hall–Kier alpha value is -3.72. The standard InChI is InChI=1S/C25H25N5O3S/c1-16-21(14-28-23(31)22-6-3-11-34-22)20-7-9-29(15-18(20)13-27-16)24(32)17-4-2-5-19(12-17)30-10-8-26-25(30)33/h2-6,11-13H,7-10,14-15H2,1H3,(H,26,33)(H,28,31). The molecule has 2 aromatic heterocycles. The molecule has 0 unspecified atom stereocenters. The van der Waals surface area contributed by atoms with E-state index in [9.17, 15) is 14.4 Å². The summed E-state index contributed by atoms with van der Waals surface area (Å²) in [6.45, 7) is 4.58. The summed E-state index contributed by atoms with van der Waals surface area (Å²) in [4.78, 5) is 46.4. The van der Waals surface area contributed by atoms with E-state index < -0.39 is 0 Å². The van der Waals surface area contributed by atoms with E-state index in [2.05, 4.69) is 15.6 Å². The van der Waals surface area contributed by atoms with E-state index in [1.54, 1.807) is 23.1 Å². The minimum Gasteiger partial charge on any atom is -0.347 e. The molecule has 2 aliphatic rings. The molecule has 0 atom stereocenters. The molecule has 0 saturated carbocycles. The van der Waals surface area contributed by atoms with Crippen LogP contribution < -0.4 is 15.5 Å². The number of urea groups is 1. The largest absolute Gasteiger partial charge is 0.347 e. The molecule has 3 aromatic rings. The number of nitrogens with zero attached hydrogens (tertiary/aromatic N) is 3. The van der Waals surface area contributed by atoms with Gasteiger partial charge in [-0.1, -0.05) is 12.1 Å². The molecule has 34 heavy (non-hydrogen) atoms. The molecule has 4 amide bonds. The SMILES string of the molecule is Cc1ncc2c(c1CNC(=O)c1cccs1)CCN(C(=O)c1cccc(N3CCNC3=O)c1)C2. The predicted molar refractivity (Wildman–Crippen MR) is 130 cm³/mol. The Kier molecular flexibility index (Phi) is 6.02. The highest BCUT2D eigenvalue weighted by atomic mass is 32.1. The number of fused-ring (bicyclic) bond motifs is 1. The number of pyridine rings is 1. The van der Waals surface area contributed by atoms with Crippen molar-refractivity contribution in [1.82, 2.24) is 20.5 Å². The van der Waals surface area contributed by atoms with Crippen molar-refractivity contribution in [3.05, 3.63) is 80.8 Å². The van der Waals surface area contributed by atoms with Gasteiger partial charge in [0.15, 0.2) is 0 Å². The van der Waals surface area contributed by atoms with Gasteiger partial charge in [0.2, 0.25) is 0 Å². The molecule has 0 radical (unpaired) electrons. The number of benzene rings is 1. The van der Waals surface area contributed by atoms with E-state index in [1.165, 1.54) is 11.3 Å². The summed E-state index contributed by atoms with van der Waals surface area (Å²) in [5.74, 6) is -0.161. The maximum Gasteiger partial charge on any atom is 0.321 e. The first-order valence-corrected chi connectivity index (χ1v) is 12.1. The lowest BCUT2D eigenvalue weighted by molar-refractivity contribution is 0.0734. The Morgan fingerprint density at radius 2 is 2.09 bits per heavy atom. The lowest BCUT2D eigenvalue weighted by atomic mass is 9.94. The fraction of sp³-hybridized carbons (Fsp3) is 0.280. The van der Waals surface area contributed by atoms with Crippen molar-refractivity contribution in [2.45, 2.75) is 26.4 Å². The van der Waals surface area contributed by atoms with Gasteiger partial charge in [-0.3, -0.25) is 19.5 Å². The van der Waals surface area contributed by atoms with Crippen molar-refractivity contribution in [1.29, 1.82) is 0 Å². The number of thiophene rings is 1. The first kappa shape index (κ1) is 22.1. The molecule has 5 rings (SSSR count). The molecule has 2 N–H and O–H groups in total. The minimum absolute atomic E-state index is 0.0692. The molecule has 0 bridgehead atoms. The molecule has 1 saturated heterocycles. The molecule has 0 aliphatic carbocycles. The van der Waals surface area contributed by atoms with Crippen LogP contribution in [-0.2, 0) is 19.5 Å². The Morgan fingerprint density at radius 1 is 1.21 bits per heavy atom. The molecular formula is C25H25N5O3S. The second-order valence-corrected chi connectivity index (χ2v) is 9.34. The summed E-state index contributed by atoms with van der Waals surface area (Å²) >= 11 is 1.41. The topological polar surface area (TPSA) is 94.6 Å². The zero-order valence-electron chi connectivity index (χ0n) is 18.8. The maximum atomic E-state index is 13.3. The highest BCUT2D eigenvalue weighted by Gasteiger charge is 2.26. The molecule has 174 valence electrons. The lowest BCUT2D eigenvalue weighted by Gasteiger charge is -2.31. The highest BCUT2D eigenvalue weighted by molar-refractivity contribution is 7.12. The Bertz CT molecular complexity index is 1260. The van der Waals surface area contributed by atoms with E-state index in [0.29, 0.717) is 49.6 Å². The van der Waals surface area contributed by atoms with Crippen molar-refractivity contribution in [2.24, 2.45) is 0 Å². The number of rotatable bonds is 5. The maximum absolute atomic E-state index is 13.3. The number of carbonyl (C=O) groups excluding carboxylic acids is 3. The second-order valence-electron chi connectivity index (χ2n) is 8.40. The van der Waals surface area contributed by atoms with Gasteiger partial charge in [-0.25, -0.2) is 4.79 Å². The van der Waals surface area contributed by atoms with E-state index in [-0.39, 0.29) is 17.8 Å². The zero-order valence-corrected chi connectivity index (χ0v) is 19.7. The van der Waals surface area contributed by atoms with Crippen LogP contribution in [-0.4, -0.2) is 47.4 Å². The van der Waals surface area contributed by atoms with Crippen molar-refractivity contribution >= 4 is 34.9 Å². The molecule has 1 fully saturated rings. The third kappa shape index (κ3) is 4.26. The van der Waals surface area contributed by atoms with Gasteiger partial charge in [-0.2, -0.15) is 0 Å². The molecule has 2 aliphatic heterocycles. The van der Waals surface area contributed by atoms with Gasteiger partial charge in [0, 0.05) is 55.9 Å². The van der Waals surface area contributed by atoms with Gasteiger partial charge < -0.3 is 15.5 Å². The third-order valence-corrected chi connectivity index (χ3v) is 7.18. The van der Waals surface area contributed by atoms with E-state index in [0.717, 1.165) is 28.1 Å². The van der Waals surface area contributed by atoms with E-state index >= 15 is 0 Å². The summed E-state index contributed by atoms with van der Waals surface area (Å²) in [7, 11) is 0. The van der Waals surface area contributed by atoms with Gasteiger partial charge >= 0.3 is 6.03 Å². The molecule has 8 nitrogen and oxygen atoms in total. The molecule has 1 aromatic carbocycles. The van der Waals surface area contributed by atoms with E-state index in [4.69, 9.17) is 0 Å². The first-order valence-electron chi connectivity index (χ1n) is 11.2. The monoisotopic (exact) mass is 475 g/mol. The second kappa shape index (κ2) is 9.26. The van der Waals surface area contributed by atoms with Gasteiger partial charge in [0.1, 0.15) is 0 Å². The van der Waals surface area contributed by atoms with Crippen LogP contribution in [0.4, 0.5) is 10.5 Å². The molecule has 0 spiro atoms. The number of hydrogen-bond acceptors (Lipinski definition) is 5. The number of aromatic nitrogens is 1. The van der Waals surface area contributed by atoms with Crippen LogP contribution in [0.1, 0.15) is 42.4 Å². The fourth-order valence-electron chi connectivity index (χ4n) is 4.50. The number of carbonyl (C=O) groups is 3. The third-order valence-electron chi connectivity index (χ3n) is 6.32. The average Bonchev–Trinajstić information content (AvgIpc) is 3.55. The number of aryl methyl sites for hydroxylation is 1. The van der Waals surface area contributed by atoms with Crippen LogP contribution in [0.5, 0.6) is 0 Å². The first-order chi connectivity index (χ1) is 16.5. The smallest absolute Gasteiger partial charge is 0.321 e. The van der Waals surface area contributed by atoms with Gasteiger partial charge in [0.05, 0.1) is 4.88 Å². The Morgan fingerprint density at radius 3 is 2.85 bits per heavy atom. The van der Waals surface area contributed by atoms with Crippen LogP contribution in [0, 0.1) is 6.92 Å². The fourth-order valence-corrected chi connectivity index (χ4v) is 5.14. The summed E-state index contributed by atoms with van der Waals surface area (Å²) in [6.07, 6.45) is 2.53. The van der Waals surface area contributed by atoms with Crippen molar-refractivity contribution in [3.8, 4) is 0 Å². The van der Waals surface area contributed by atoms with Crippen LogP contribution in [0.25, 0.3) is 0 Å². The molecular weight excluding hydrogens is 450 g/mol. The van der Waals surface area contributed by atoms with Gasteiger partial charge in [0.25, 0.3) is 11.8 Å². The van der Waals surface area contributed by atoms with Crippen molar-refractivity contribution in [2.75, 3.05) is 24.5 Å². The predicted octanol–water partition coefficient (Wildman–Crippen LogP) is 3.11. The number of nitrogens with one attached hydrogen (secondary N) is 2. The Labute approximate surface area is 201 Å². The summed E-state index contributed by atoms with van der Waals surface area (Å²) < 4.78 is 0. The summed E-state index contributed by atoms with van der Waals surface area (Å²) in [5.41, 5.74) is 5.35. The summed E-state index contributed by atoms with van der Waals surface area (Å²) in [5, 5.41) is 7.67. The molecule has 9 heteroatoms. The highest BCUT2D eigenvalue weighted by Crippen LogP contribution is 2.26. The zero-order chi connectivity index (χ0) is 23.7. The van der Waals surface area contributed by atoms with Crippen molar-refractivity contribution in [3.63, 3.8) is 0 Å². The Balaban J connectivity index is 1.31. The quantitative estimate of drug-likeness (QED) is 0.593. The summed E-state index contributed by atoms with van der Waals surface area (Å²) in [6, 6.07) is 10.7. The van der Waals surface area contributed by atoms with Crippen LogP contribution in [0.3, 0.4) is 0 Å². The van der Waals surface area contributed by atoms with Gasteiger partial charge in [-0.15, -0.1) is 11.3 Å². The van der Waals surface area contributed by atoms with Crippen molar-refractivity contribution < 1.29 is 14.4 Å². The number of hydrogen-bond donors (Lipinski definition) is 2. The normalized spacial score (nSPS) is 15.1. The van der Waals surface area contributed by atoms with E-state index in [1.807, 2.05) is 41.6 Å².